The molecule has 0 fully saturated rings. The van der Waals surface area contributed by atoms with Crippen LogP contribution in [-0.4, -0.2) is 66.0 Å². The Bertz CT molecular complexity index is 960. The molecule has 11 heteroatoms. The molecule has 0 bridgehead atoms. The molecule has 0 saturated heterocycles. The van der Waals surface area contributed by atoms with E-state index in [1.807, 2.05) is 44.2 Å². The topological polar surface area (TPSA) is 132 Å². The van der Waals surface area contributed by atoms with E-state index in [9.17, 15) is 13.2 Å². The minimum atomic E-state index is -3.53. The van der Waals surface area contributed by atoms with Crippen LogP contribution in [0.5, 0.6) is 0 Å². The van der Waals surface area contributed by atoms with Crippen LogP contribution in [0.3, 0.4) is 0 Å². The van der Waals surface area contributed by atoms with Gasteiger partial charge in [0.25, 0.3) is 0 Å². The Hall–Kier alpha value is -2.50. The van der Waals surface area contributed by atoms with Crippen LogP contribution in [0.2, 0.25) is 0 Å². The number of aryl methyl sites for hydroxylation is 1. The summed E-state index contributed by atoms with van der Waals surface area (Å²) in [7, 11) is -3.53. The largest absolute Gasteiger partial charge is 0.336 e. The van der Waals surface area contributed by atoms with Gasteiger partial charge in [-0.25, -0.2) is 22.9 Å². The molecule has 4 N–H and O–H groups in total. The first-order chi connectivity index (χ1) is 16.2. The molecule has 2 aromatic rings. The third-order valence-electron chi connectivity index (χ3n) is 5.37. The smallest absolute Gasteiger partial charge is 0.315 e. The molecule has 0 aliphatic rings. The molecule has 0 spiro atoms. The van der Waals surface area contributed by atoms with Crippen molar-refractivity contribution in [2.45, 2.75) is 65.6 Å². The van der Waals surface area contributed by atoms with Crippen molar-refractivity contribution in [1.82, 2.24) is 35.4 Å². The zero-order valence-corrected chi connectivity index (χ0v) is 21.5. The number of amides is 2. The number of H-pyrrole nitrogens is 1. The molecule has 34 heavy (non-hydrogen) atoms. The summed E-state index contributed by atoms with van der Waals surface area (Å²) in [5.41, 5.74) is 1.11. The van der Waals surface area contributed by atoms with Gasteiger partial charge in [0.05, 0.1) is 18.3 Å². The maximum absolute atomic E-state index is 12.8. The van der Waals surface area contributed by atoms with Crippen LogP contribution in [-0.2, 0) is 23.0 Å². The van der Waals surface area contributed by atoms with Crippen molar-refractivity contribution in [2.75, 3.05) is 25.4 Å². The second kappa shape index (κ2) is 14.0. The van der Waals surface area contributed by atoms with E-state index < -0.39 is 16.1 Å². The zero-order chi connectivity index (χ0) is 25.0. The predicted molar refractivity (Wildman–Crippen MR) is 134 cm³/mol. The summed E-state index contributed by atoms with van der Waals surface area (Å²) in [6.45, 7) is 10.6. The average molecular weight is 494 g/mol. The molecule has 1 aromatic heterocycles. The number of aromatic nitrogens is 3. The fourth-order valence-corrected chi connectivity index (χ4v) is 4.80. The average Bonchev–Trinajstić information content (AvgIpc) is 3.27. The Balaban J connectivity index is 2.05. The predicted octanol–water partition coefficient (Wildman–Crippen LogP) is 2.34. The summed E-state index contributed by atoms with van der Waals surface area (Å²) < 4.78 is 28.5. The number of sulfonamides is 1. The van der Waals surface area contributed by atoms with Crippen molar-refractivity contribution in [3.8, 4) is 0 Å². The van der Waals surface area contributed by atoms with Crippen molar-refractivity contribution in [1.29, 1.82) is 0 Å². The van der Waals surface area contributed by atoms with Crippen LogP contribution in [0.4, 0.5) is 4.79 Å². The first-order valence-corrected chi connectivity index (χ1v) is 13.6. The molecule has 0 unspecified atom stereocenters. The van der Waals surface area contributed by atoms with Crippen molar-refractivity contribution in [3.05, 3.63) is 47.5 Å². The van der Waals surface area contributed by atoms with Gasteiger partial charge in [-0.2, -0.15) is 5.10 Å². The normalized spacial score (nSPS) is 12.8. The number of carbonyl (C=O) groups is 1. The van der Waals surface area contributed by atoms with Gasteiger partial charge >= 0.3 is 6.03 Å². The van der Waals surface area contributed by atoms with Gasteiger partial charge in [-0.05, 0) is 58.3 Å². The lowest BCUT2D eigenvalue weighted by Crippen LogP contribution is -2.39. The molecule has 0 aliphatic carbocycles. The molecule has 1 aromatic carbocycles. The minimum absolute atomic E-state index is 0.0174. The maximum Gasteiger partial charge on any atom is 0.315 e. The Morgan fingerprint density at radius 2 is 1.85 bits per heavy atom. The molecule has 10 nitrogen and oxygen atoms in total. The van der Waals surface area contributed by atoms with E-state index in [0.717, 1.165) is 25.2 Å². The number of nitrogens with zero attached hydrogens (tertiary/aromatic N) is 3. The van der Waals surface area contributed by atoms with Gasteiger partial charge in [0.1, 0.15) is 5.82 Å². The Morgan fingerprint density at radius 1 is 1.15 bits per heavy atom. The van der Waals surface area contributed by atoms with Gasteiger partial charge in [0.2, 0.25) is 10.0 Å². The summed E-state index contributed by atoms with van der Waals surface area (Å²) in [5.74, 6) is 0.864. The van der Waals surface area contributed by atoms with Crippen molar-refractivity contribution in [2.24, 2.45) is 0 Å². The molecule has 1 heterocycles. The van der Waals surface area contributed by atoms with Crippen molar-refractivity contribution < 1.29 is 13.2 Å². The number of nitrogens with one attached hydrogen (secondary N) is 4. The van der Waals surface area contributed by atoms with Gasteiger partial charge in [0, 0.05) is 6.04 Å². The molecule has 2 rings (SSSR count). The Labute approximate surface area is 203 Å². The third-order valence-corrected chi connectivity index (χ3v) is 6.83. The van der Waals surface area contributed by atoms with E-state index in [1.54, 1.807) is 0 Å². The van der Waals surface area contributed by atoms with Crippen molar-refractivity contribution in [3.63, 3.8) is 0 Å². The highest BCUT2D eigenvalue weighted by molar-refractivity contribution is 7.89. The zero-order valence-electron chi connectivity index (χ0n) is 20.7. The second-order valence-electron chi connectivity index (χ2n) is 8.52. The summed E-state index contributed by atoms with van der Waals surface area (Å²) in [6.07, 6.45) is 1.74. The minimum Gasteiger partial charge on any atom is -0.336 e. The van der Waals surface area contributed by atoms with Crippen molar-refractivity contribution >= 4 is 16.1 Å². The molecule has 1 atom stereocenters. The van der Waals surface area contributed by atoms with E-state index in [0.29, 0.717) is 30.9 Å². The van der Waals surface area contributed by atoms with E-state index >= 15 is 0 Å². The number of rotatable bonds is 15. The number of benzene rings is 1. The quantitative estimate of drug-likeness (QED) is 0.301. The van der Waals surface area contributed by atoms with Crippen LogP contribution >= 0.6 is 0 Å². The lowest BCUT2D eigenvalue weighted by molar-refractivity contribution is 0.238. The van der Waals surface area contributed by atoms with Gasteiger partial charge in [0.15, 0.2) is 5.82 Å². The fraction of sp³-hybridized carbons (Fsp3) is 0.609. The molecule has 0 aliphatic heterocycles. The van der Waals surface area contributed by atoms with Gasteiger partial charge in [-0.15, -0.1) is 0 Å². The molecule has 0 saturated carbocycles. The van der Waals surface area contributed by atoms with Gasteiger partial charge in [-0.1, -0.05) is 44.2 Å². The number of aromatic amines is 1. The number of carbonyl (C=O) groups excluding carboxylic acids is 1. The number of hydrogen-bond donors (Lipinski definition) is 4. The van der Waals surface area contributed by atoms with E-state index in [4.69, 9.17) is 0 Å². The highest BCUT2D eigenvalue weighted by Gasteiger charge is 2.23. The summed E-state index contributed by atoms with van der Waals surface area (Å²) in [6, 6.07) is 9.02. The van der Waals surface area contributed by atoms with E-state index in [1.165, 1.54) is 0 Å². The summed E-state index contributed by atoms with van der Waals surface area (Å²) >= 11 is 0. The summed E-state index contributed by atoms with van der Waals surface area (Å²) in [5, 5.41) is 12.5. The molecule has 2 amide bonds. The summed E-state index contributed by atoms with van der Waals surface area (Å²) in [4.78, 5) is 18.5. The van der Waals surface area contributed by atoms with E-state index in [2.05, 4.69) is 49.3 Å². The SMILES string of the molecule is CCN(CC)CCCS(=O)(=O)N[C@H](CCc1ccccc1)c1n[nH]c(CNC(=O)NC(C)C)n1. The Morgan fingerprint density at radius 3 is 2.50 bits per heavy atom. The first kappa shape index (κ1) is 27.7. The number of hydrogen-bond acceptors (Lipinski definition) is 6. The van der Waals surface area contributed by atoms with Crippen LogP contribution in [0.15, 0.2) is 30.3 Å². The lowest BCUT2D eigenvalue weighted by atomic mass is 10.1. The first-order valence-electron chi connectivity index (χ1n) is 11.9. The van der Waals surface area contributed by atoms with Crippen LogP contribution in [0.1, 0.15) is 63.8 Å². The highest BCUT2D eigenvalue weighted by Crippen LogP contribution is 2.18. The fourth-order valence-electron chi connectivity index (χ4n) is 3.51. The monoisotopic (exact) mass is 493 g/mol. The third kappa shape index (κ3) is 10.2. The number of urea groups is 1. The second-order valence-corrected chi connectivity index (χ2v) is 10.4. The van der Waals surface area contributed by atoms with Crippen LogP contribution < -0.4 is 15.4 Å². The highest BCUT2D eigenvalue weighted by atomic mass is 32.2. The molecular formula is C23H39N7O3S. The molecular weight excluding hydrogens is 454 g/mol. The lowest BCUT2D eigenvalue weighted by Gasteiger charge is -2.19. The molecule has 190 valence electrons. The van der Waals surface area contributed by atoms with Crippen LogP contribution in [0.25, 0.3) is 0 Å². The van der Waals surface area contributed by atoms with Gasteiger partial charge < -0.3 is 15.5 Å². The maximum atomic E-state index is 12.8. The van der Waals surface area contributed by atoms with E-state index in [-0.39, 0.29) is 24.4 Å². The van der Waals surface area contributed by atoms with Gasteiger partial charge in [-0.3, -0.25) is 5.10 Å². The molecule has 0 radical (unpaired) electrons. The Kier molecular flexibility index (Phi) is 11.4. The standard InChI is InChI=1S/C23H39N7O3S/c1-5-30(6-2)15-10-16-34(32,33)29-20(14-13-19-11-8-7-9-12-19)22-26-21(27-28-22)17-24-23(31)25-18(3)4/h7-9,11-12,18,20,29H,5-6,10,13-17H2,1-4H3,(H2,24,25,31)(H,26,27,28)/t20-/m1/s1. The van der Waals surface area contributed by atoms with Crippen LogP contribution in [0, 0.1) is 0 Å².